The standard InChI is InChI=1S/C9H20N2O2S/c1-3-14(12,13)11(2)9-5-4-7-10-8-6-9/h9-10H,3-8H2,1-2H3. The second-order valence-electron chi connectivity index (χ2n) is 3.75. The van der Waals surface area contributed by atoms with Crippen LogP contribution >= 0.6 is 0 Å². The first-order valence-electron chi connectivity index (χ1n) is 5.24. The van der Waals surface area contributed by atoms with Crippen LogP contribution in [0.2, 0.25) is 0 Å². The molecule has 1 atom stereocenters. The molecule has 14 heavy (non-hydrogen) atoms. The van der Waals surface area contributed by atoms with E-state index in [1.54, 1.807) is 18.3 Å². The molecule has 1 aliphatic heterocycles. The van der Waals surface area contributed by atoms with Gasteiger partial charge in [-0.3, -0.25) is 0 Å². The Morgan fingerprint density at radius 3 is 2.71 bits per heavy atom. The van der Waals surface area contributed by atoms with E-state index < -0.39 is 10.0 Å². The van der Waals surface area contributed by atoms with Crippen LogP contribution < -0.4 is 5.32 Å². The van der Waals surface area contributed by atoms with Crippen LogP contribution in [0.3, 0.4) is 0 Å². The molecule has 1 fully saturated rings. The van der Waals surface area contributed by atoms with Crippen molar-refractivity contribution < 1.29 is 8.42 Å². The van der Waals surface area contributed by atoms with Crippen molar-refractivity contribution in [2.45, 2.75) is 32.2 Å². The fourth-order valence-corrected chi connectivity index (χ4v) is 2.87. The maximum Gasteiger partial charge on any atom is 0.213 e. The van der Waals surface area contributed by atoms with Gasteiger partial charge in [0.05, 0.1) is 5.75 Å². The lowest BCUT2D eigenvalue weighted by atomic mass is 10.1. The molecule has 1 rings (SSSR count). The molecule has 1 N–H and O–H groups in total. The van der Waals surface area contributed by atoms with Crippen LogP contribution in [0.25, 0.3) is 0 Å². The third kappa shape index (κ3) is 2.93. The van der Waals surface area contributed by atoms with E-state index in [2.05, 4.69) is 5.32 Å². The minimum Gasteiger partial charge on any atom is -0.317 e. The topological polar surface area (TPSA) is 49.4 Å². The van der Waals surface area contributed by atoms with Gasteiger partial charge in [0.25, 0.3) is 0 Å². The molecule has 4 nitrogen and oxygen atoms in total. The van der Waals surface area contributed by atoms with E-state index >= 15 is 0 Å². The Balaban J connectivity index is 2.62. The van der Waals surface area contributed by atoms with Crippen molar-refractivity contribution in [2.75, 3.05) is 25.9 Å². The minimum atomic E-state index is -3.01. The van der Waals surface area contributed by atoms with Crippen LogP contribution in [0.4, 0.5) is 0 Å². The molecule has 1 heterocycles. The molecule has 5 heteroatoms. The van der Waals surface area contributed by atoms with Gasteiger partial charge >= 0.3 is 0 Å². The lowest BCUT2D eigenvalue weighted by Gasteiger charge is -2.25. The fourth-order valence-electron chi connectivity index (χ4n) is 1.80. The van der Waals surface area contributed by atoms with Crippen molar-refractivity contribution in [3.8, 4) is 0 Å². The molecule has 0 radical (unpaired) electrons. The SMILES string of the molecule is CCS(=O)(=O)N(C)C1CCCNCC1. The maximum atomic E-state index is 11.6. The monoisotopic (exact) mass is 220 g/mol. The summed E-state index contributed by atoms with van der Waals surface area (Å²) in [6.07, 6.45) is 2.96. The van der Waals surface area contributed by atoms with E-state index in [0.29, 0.717) is 0 Å². The third-order valence-corrected chi connectivity index (χ3v) is 4.77. The zero-order chi connectivity index (χ0) is 10.6. The second kappa shape index (κ2) is 5.09. The van der Waals surface area contributed by atoms with Gasteiger partial charge in [-0.2, -0.15) is 0 Å². The first-order valence-corrected chi connectivity index (χ1v) is 6.85. The normalized spacial score (nSPS) is 24.9. The predicted molar refractivity (Wildman–Crippen MR) is 57.7 cm³/mol. The van der Waals surface area contributed by atoms with Gasteiger partial charge in [0.15, 0.2) is 0 Å². The summed E-state index contributed by atoms with van der Waals surface area (Å²) < 4.78 is 24.8. The van der Waals surface area contributed by atoms with Crippen LogP contribution in [-0.4, -0.2) is 44.7 Å². The van der Waals surface area contributed by atoms with E-state index in [0.717, 1.165) is 32.4 Å². The van der Waals surface area contributed by atoms with Gasteiger partial charge in [-0.05, 0) is 39.3 Å². The molecular formula is C9H20N2O2S. The smallest absolute Gasteiger partial charge is 0.213 e. The molecule has 0 bridgehead atoms. The van der Waals surface area contributed by atoms with Crippen LogP contribution in [0.1, 0.15) is 26.2 Å². The van der Waals surface area contributed by atoms with Gasteiger partial charge in [-0.1, -0.05) is 0 Å². The zero-order valence-electron chi connectivity index (χ0n) is 8.99. The maximum absolute atomic E-state index is 11.6. The Hall–Kier alpha value is -0.130. The first kappa shape index (κ1) is 11.9. The number of hydrogen-bond donors (Lipinski definition) is 1. The molecule has 0 spiro atoms. The molecule has 0 aliphatic carbocycles. The fraction of sp³-hybridized carbons (Fsp3) is 1.00. The number of nitrogens with zero attached hydrogens (tertiary/aromatic N) is 1. The first-order chi connectivity index (χ1) is 6.58. The number of rotatable bonds is 3. The van der Waals surface area contributed by atoms with Gasteiger partial charge in [-0.15, -0.1) is 0 Å². The van der Waals surface area contributed by atoms with Crippen molar-refractivity contribution in [3.05, 3.63) is 0 Å². The Bertz CT molecular complexity index is 256. The molecule has 1 aliphatic rings. The van der Waals surface area contributed by atoms with E-state index in [9.17, 15) is 8.42 Å². The van der Waals surface area contributed by atoms with E-state index in [-0.39, 0.29) is 11.8 Å². The van der Waals surface area contributed by atoms with E-state index in [4.69, 9.17) is 0 Å². The highest BCUT2D eigenvalue weighted by Crippen LogP contribution is 2.15. The summed E-state index contributed by atoms with van der Waals surface area (Å²) in [6, 6.07) is 0.190. The quantitative estimate of drug-likeness (QED) is 0.749. The van der Waals surface area contributed by atoms with Gasteiger partial charge in [0.2, 0.25) is 10.0 Å². The average molecular weight is 220 g/mol. The van der Waals surface area contributed by atoms with Crippen molar-refractivity contribution in [1.82, 2.24) is 9.62 Å². The summed E-state index contributed by atoms with van der Waals surface area (Å²) >= 11 is 0. The summed E-state index contributed by atoms with van der Waals surface area (Å²) in [6.45, 7) is 3.63. The highest BCUT2D eigenvalue weighted by molar-refractivity contribution is 7.89. The average Bonchev–Trinajstić information content (AvgIpc) is 2.44. The van der Waals surface area contributed by atoms with Crippen molar-refractivity contribution in [3.63, 3.8) is 0 Å². The zero-order valence-corrected chi connectivity index (χ0v) is 9.81. The Morgan fingerprint density at radius 1 is 1.36 bits per heavy atom. The number of sulfonamides is 1. The predicted octanol–water partition coefficient (Wildman–Crippen LogP) is 0.410. The van der Waals surface area contributed by atoms with Gasteiger partial charge < -0.3 is 5.32 Å². The van der Waals surface area contributed by atoms with E-state index in [1.807, 2.05) is 0 Å². The van der Waals surface area contributed by atoms with E-state index in [1.165, 1.54) is 0 Å². The molecule has 1 saturated heterocycles. The molecule has 0 amide bonds. The summed E-state index contributed by atoms with van der Waals surface area (Å²) in [7, 11) is -1.31. The Kier molecular flexibility index (Phi) is 4.34. The van der Waals surface area contributed by atoms with Crippen LogP contribution in [0, 0.1) is 0 Å². The number of nitrogens with one attached hydrogen (secondary N) is 1. The van der Waals surface area contributed by atoms with Gasteiger partial charge in [0.1, 0.15) is 0 Å². The van der Waals surface area contributed by atoms with Gasteiger partial charge in [0, 0.05) is 13.1 Å². The Morgan fingerprint density at radius 2 is 2.07 bits per heavy atom. The lowest BCUT2D eigenvalue weighted by Crippen LogP contribution is -2.38. The molecule has 0 saturated carbocycles. The minimum absolute atomic E-state index is 0.190. The third-order valence-electron chi connectivity index (χ3n) is 2.86. The summed E-state index contributed by atoms with van der Waals surface area (Å²) in [4.78, 5) is 0. The van der Waals surface area contributed by atoms with Crippen molar-refractivity contribution in [1.29, 1.82) is 0 Å². The van der Waals surface area contributed by atoms with Crippen LogP contribution in [-0.2, 0) is 10.0 Å². The molecule has 84 valence electrons. The largest absolute Gasteiger partial charge is 0.317 e. The molecule has 0 aromatic heterocycles. The van der Waals surface area contributed by atoms with Crippen LogP contribution in [0.5, 0.6) is 0 Å². The highest BCUT2D eigenvalue weighted by Gasteiger charge is 2.24. The molecule has 0 aromatic rings. The summed E-state index contributed by atoms with van der Waals surface area (Å²) in [5.41, 5.74) is 0. The van der Waals surface area contributed by atoms with Crippen LogP contribution in [0.15, 0.2) is 0 Å². The molecular weight excluding hydrogens is 200 g/mol. The summed E-state index contributed by atoms with van der Waals surface area (Å²) in [5, 5.41) is 3.28. The lowest BCUT2D eigenvalue weighted by molar-refractivity contribution is 0.342. The molecule has 1 unspecified atom stereocenters. The highest BCUT2D eigenvalue weighted by atomic mass is 32.2. The van der Waals surface area contributed by atoms with Gasteiger partial charge in [-0.25, -0.2) is 12.7 Å². The number of hydrogen-bond acceptors (Lipinski definition) is 3. The Labute approximate surface area is 86.7 Å². The molecule has 0 aromatic carbocycles. The second-order valence-corrected chi connectivity index (χ2v) is 6.07. The van der Waals surface area contributed by atoms with Crippen molar-refractivity contribution >= 4 is 10.0 Å². The summed E-state index contributed by atoms with van der Waals surface area (Å²) in [5.74, 6) is 0.202. The van der Waals surface area contributed by atoms with Crippen molar-refractivity contribution in [2.24, 2.45) is 0 Å².